The van der Waals surface area contributed by atoms with Crippen molar-refractivity contribution in [1.82, 2.24) is 10.2 Å². The van der Waals surface area contributed by atoms with Crippen LogP contribution in [0.25, 0.3) is 0 Å². The van der Waals surface area contributed by atoms with Gasteiger partial charge in [-0.15, -0.1) is 0 Å². The van der Waals surface area contributed by atoms with Crippen molar-refractivity contribution < 1.29 is 19.1 Å². The van der Waals surface area contributed by atoms with Gasteiger partial charge in [-0.25, -0.2) is 9.18 Å². The van der Waals surface area contributed by atoms with E-state index in [9.17, 15) is 14.0 Å². The number of carboxylic acid groups (broad SMARTS) is 1. The number of rotatable bonds is 4. The van der Waals surface area contributed by atoms with Gasteiger partial charge in [0.15, 0.2) is 0 Å². The molecule has 1 aromatic carbocycles. The maximum absolute atomic E-state index is 13.2. The lowest BCUT2D eigenvalue weighted by atomic mass is 10.1. The van der Waals surface area contributed by atoms with Gasteiger partial charge in [-0.1, -0.05) is 12.1 Å². The zero-order valence-corrected chi connectivity index (χ0v) is 11.9. The van der Waals surface area contributed by atoms with Crippen molar-refractivity contribution in [2.24, 2.45) is 0 Å². The molecule has 1 fully saturated rings. The number of hydrogen-bond acceptors (Lipinski definition) is 2. The van der Waals surface area contributed by atoms with E-state index >= 15 is 0 Å². The van der Waals surface area contributed by atoms with E-state index in [-0.39, 0.29) is 30.4 Å². The third-order valence-electron chi connectivity index (χ3n) is 3.74. The Morgan fingerprint density at radius 3 is 2.95 bits per heavy atom. The Hall–Kier alpha value is -2.11. The number of urea groups is 1. The summed E-state index contributed by atoms with van der Waals surface area (Å²) in [5.74, 6) is -1.25. The van der Waals surface area contributed by atoms with E-state index in [0.29, 0.717) is 18.5 Å². The third-order valence-corrected chi connectivity index (χ3v) is 3.74. The number of halogens is 1. The Morgan fingerprint density at radius 2 is 2.29 bits per heavy atom. The molecule has 2 rings (SSSR count). The largest absolute Gasteiger partial charge is 0.481 e. The van der Waals surface area contributed by atoms with Crippen molar-refractivity contribution in [2.45, 2.75) is 38.3 Å². The summed E-state index contributed by atoms with van der Waals surface area (Å²) < 4.78 is 13.2. The van der Waals surface area contributed by atoms with Gasteiger partial charge >= 0.3 is 12.0 Å². The first kappa shape index (κ1) is 15.3. The van der Waals surface area contributed by atoms with Crippen molar-refractivity contribution in [1.29, 1.82) is 0 Å². The van der Waals surface area contributed by atoms with Crippen LogP contribution in [0.5, 0.6) is 0 Å². The van der Waals surface area contributed by atoms with E-state index in [0.717, 1.165) is 6.42 Å². The summed E-state index contributed by atoms with van der Waals surface area (Å²) in [4.78, 5) is 24.6. The van der Waals surface area contributed by atoms with Crippen molar-refractivity contribution in [3.05, 3.63) is 35.6 Å². The van der Waals surface area contributed by atoms with Gasteiger partial charge in [0.2, 0.25) is 0 Å². The summed E-state index contributed by atoms with van der Waals surface area (Å²) in [7, 11) is 0. The minimum atomic E-state index is -0.905. The molecule has 2 atom stereocenters. The van der Waals surface area contributed by atoms with Gasteiger partial charge in [-0.3, -0.25) is 4.79 Å². The number of carbonyl (C=O) groups excluding carboxylic acids is 1. The molecule has 5 nitrogen and oxygen atoms in total. The summed E-state index contributed by atoms with van der Waals surface area (Å²) in [6.45, 7) is 2.33. The van der Waals surface area contributed by atoms with Gasteiger partial charge in [0.05, 0.1) is 12.5 Å². The van der Waals surface area contributed by atoms with Crippen LogP contribution in [-0.4, -0.2) is 34.6 Å². The number of hydrogen-bond donors (Lipinski definition) is 2. The van der Waals surface area contributed by atoms with Gasteiger partial charge < -0.3 is 15.3 Å². The number of likely N-dealkylation sites (tertiary alicyclic amines) is 1. The number of nitrogens with one attached hydrogen (secondary N) is 1. The van der Waals surface area contributed by atoms with Crippen molar-refractivity contribution in [2.75, 3.05) is 6.54 Å². The molecule has 21 heavy (non-hydrogen) atoms. The fourth-order valence-electron chi connectivity index (χ4n) is 2.64. The highest BCUT2D eigenvalue weighted by molar-refractivity contribution is 5.76. The molecule has 6 heteroatoms. The molecule has 0 aliphatic carbocycles. The second-order valence-electron chi connectivity index (χ2n) is 5.31. The van der Waals surface area contributed by atoms with Crippen molar-refractivity contribution in [3.8, 4) is 0 Å². The quantitative estimate of drug-likeness (QED) is 0.896. The number of aliphatic carboxylic acids is 1. The van der Waals surface area contributed by atoms with E-state index in [1.54, 1.807) is 24.0 Å². The zero-order chi connectivity index (χ0) is 15.4. The monoisotopic (exact) mass is 294 g/mol. The number of nitrogens with zero attached hydrogens (tertiary/aromatic N) is 1. The fourth-order valence-corrected chi connectivity index (χ4v) is 2.64. The average Bonchev–Trinajstić information content (AvgIpc) is 2.86. The summed E-state index contributed by atoms with van der Waals surface area (Å²) in [5, 5.41) is 11.7. The molecule has 2 N–H and O–H groups in total. The van der Waals surface area contributed by atoms with E-state index in [4.69, 9.17) is 5.11 Å². The second kappa shape index (κ2) is 6.56. The Balaban J connectivity index is 1.98. The van der Waals surface area contributed by atoms with Gasteiger partial charge in [-0.05, 0) is 37.5 Å². The minimum absolute atomic E-state index is 0.0399. The highest BCUT2D eigenvalue weighted by Crippen LogP contribution is 2.21. The highest BCUT2D eigenvalue weighted by Gasteiger charge is 2.30. The van der Waals surface area contributed by atoms with Crippen LogP contribution in [0.2, 0.25) is 0 Å². The molecule has 1 heterocycles. The zero-order valence-electron chi connectivity index (χ0n) is 11.9. The van der Waals surface area contributed by atoms with Crippen LogP contribution >= 0.6 is 0 Å². The molecule has 0 saturated carbocycles. The Kier molecular flexibility index (Phi) is 4.77. The summed E-state index contributed by atoms with van der Waals surface area (Å²) >= 11 is 0. The predicted molar refractivity (Wildman–Crippen MR) is 75.3 cm³/mol. The summed E-state index contributed by atoms with van der Waals surface area (Å²) in [6.07, 6.45) is 1.47. The molecule has 1 aromatic rings. The van der Waals surface area contributed by atoms with E-state index in [1.807, 2.05) is 0 Å². The molecular weight excluding hydrogens is 275 g/mol. The molecule has 0 radical (unpaired) electrons. The lowest BCUT2D eigenvalue weighted by molar-refractivity contribution is -0.137. The number of carboxylic acids is 1. The first-order chi connectivity index (χ1) is 9.97. The number of benzene rings is 1. The molecule has 0 bridgehead atoms. The third kappa shape index (κ3) is 3.93. The van der Waals surface area contributed by atoms with Crippen LogP contribution in [0, 0.1) is 5.82 Å². The van der Waals surface area contributed by atoms with Crippen LogP contribution in [0.15, 0.2) is 24.3 Å². The molecule has 1 aliphatic rings. The van der Waals surface area contributed by atoms with Crippen LogP contribution in [0.4, 0.5) is 9.18 Å². The maximum atomic E-state index is 13.2. The molecule has 0 spiro atoms. The molecular formula is C15H19FN2O3. The number of amides is 2. The first-order valence-corrected chi connectivity index (χ1v) is 7.01. The van der Waals surface area contributed by atoms with Crippen molar-refractivity contribution >= 4 is 12.0 Å². The van der Waals surface area contributed by atoms with Crippen molar-refractivity contribution in [3.63, 3.8) is 0 Å². The molecule has 2 amide bonds. The normalized spacial score (nSPS) is 19.3. The van der Waals surface area contributed by atoms with Gasteiger partial charge in [0, 0.05) is 12.6 Å². The van der Waals surface area contributed by atoms with Gasteiger partial charge in [0.1, 0.15) is 5.82 Å². The van der Waals surface area contributed by atoms with Crippen LogP contribution < -0.4 is 5.32 Å². The molecule has 1 aliphatic heterocycles. The molecule has 1 saturated heterocycles. The van der Waals surface area contributed by atoms with E-state index in [1.165, 1.54) is 12.1 Å². The highest BCUT2D eigenvalue weighted by atomic mass is 19.1. The Morgan fingerprint density at radius 1 is 1.52 bits per heavy atom. The fraction of sp³-hybridized carbons (Fsp3) is 0.467. The summed E-state index contributed by atoms with van der Waals surface area (Å²) in [5.41, 5.74) is 0.678. The lowest BCUT2D eigenvalue weighted by Gasteiger charge is -2.26. The standard InChI is InChI=1S/C15H19FN2O3/c1-10(11-4-2-5-12(16)8-11)17-15(21)18-7-3-6-13(18)9-14(19)20/h2,4-5,8,10,13H,3,6-7,9H2,1H3,(H,17,21)(H,19,20). The number of carbonyl (C=O) groups is 2. The summed E-state index contributed by atoms with van der Waals surface area (Å²) in [6, 6.07) is 5.17. The van der Waals surface area contributed by atoms with Crippen LogP contribution in [-0.2, 0) is 4.79 Å². The average molecular weight is 294 g/mol. The van der Waals surface area contributed by atoms with Gasteiger partial charge in [-0.2, -0.15) is 0 Å². The second-order valence-corrected chi connectivity index (χ2v) is 5.31. The molecule has 0 aromatic heterocycles. The topological polar surface area (TPSA) is 69.6 Å². The first-order valence-electron chi connectivity index (χ1n) is 7.01. The van der Waals surface area contributed by atoms with Gasteiger partial charge in [0.25, 0.3) is 0 Å². The molecule has 2 unspecified atom stereocenters. The molecule has 114 valence electrons. The minimum Gasteiger partial charge on any atom is -0.481 e. The Bertz CT molecular complexity index is 535. The van der Waals surface area contributed by atoms with Crippen LogP contribution in [0.1, 0.15) is 37.8 Å². The van der Waals surface area contributed by atoms with E-state index < -0.39 is 5.97 Å². The van der Waals surface area contributed by atoms with Crippen LogP contribution in [0.3, 0.4) is 0 Å². The predicted octanol–water partition coefficient (Wildman–Crippen LogP) is 2.54. The Labute approximate surface area is 122 Å². The SMILES string of the molecule is CC(NC(=O)N1CCCC1CC(=O)O)c1cccc(F)c1. The smallest absolute Gasteiger partial charge is 0.318 e. The lowest BCUT2D eigenvalue weighted by Crippen LogP contribution is -2.44. The maximum Gasteiger partial charge on any atom is 0.318 e. The van der Waals surface area contributed by atoms with E-state index in [2.05, 4.69) is 5.32 Å².